The van der Waals surface area contributed by atoms with Crippen LogP contribution in [-0.2, 0) is 9.47 Å². The van der Waals surface area contributed by atoms with Crippen molar-refractivity contribution in [3.8, 4) is 0 Å². The molecule has 0 N–H and O–H groups in total. The summed E-state index contributed by atoms with van der Waals surface area (Å²) in [5.74, 6) is -0.330. The molecule has 2 fully saturated rings. The van der Waals surface area contributed by atoms with Gasteiger partial charge in [-0.15, -0.1) is 0 Å². The Bertz CT molecular complexity index is 225. The van der Waals surface area contributed by atoms with Gasteiger partial charge in [0.2, 0.25) is 0 Å². The molecule has 0 saturated carbocycles. The molecule has 0 radical (unpaired) electrons. The average Bonchev–Trinajstić information content (AvgIpc) is 1.98. The fraction of sp³-hybridized carbons (Fsp3) is 1.00. The van der Waals surface area contributed by atoms with Crippen LogP contribution < -0.4 is 0 Å². The van der Waals surface area contributed by atoms with Gasteiger partial charge in [-0.3, -0.25) is 0 Å². The van der Waals surface area contributed by atoms with Crippen LogP contribution >= 0.6 is 0 Å². The maximum atomic E-state index is 5.92. The van der Waals surface area contributed by atoms with Gasteiger partial charge in [0.25, 0.3) is 5.79 Å². The van der Waals surface area contributed by atoms with Crippen molar-refractivity contribution in [2.24, 2.45) is 0 Å². The summed E-state index contributed by atoms with van der Waals surface area (Å²) in [4.78, 5) is 0. The van der Waals surface area contributed by atoms with Gasteiger partial charge < -0.3 is 18.4 Å². The van der Waals surface area contributed by atoms with Crippen molar-refractivity contribution in [3.63, 3.8) is 0 Å². The maximum absolute atomic E-state index is 5.92. The van der Waals surface area contributed by atoms with E-state index in [4.69, 9.17) is 9.47 Å². The lowest BCUT2D eigenvalue weighted by molar-refractivity contribution is -0.945. The fourth-order valence-corrected chi connectivity index (χ4v) is 2.69. The van der Waals surface area contributed by atoms with Gasteiger partial charge in [0.1, 0.15) is 26.2 Å². The second-order valence-electron chi connectivity index (χ2n) is 6.24. The Kier molecular flexibility index (Phi) is 2.58. The van der Waals surface area contributed by atoms with E-state index < -0.39 is 0 Å². The number of nitrogens with zero attached hydrogens (tertiary/aromatic N) is 2. The molecule has 1 spiro atoms. The van der Waals surface area contributed by atoms with Crippen LogP contribution in [0.1, 0.15) is 0 Å². The third kappa shape index (κ3) is 2.50. The van der Waals surface area contributed by atoms with Crippen molar-refractivity contribution >= 4 is 0 Å². The summed E-state index contributed by atoms with van der Waals surface area (Å²) < 4.78 is 13.8. The van der Waals surface area contributed by atoms with Gasteiger partial charge in [0.15, 0.2) is 0 Å². The van der Waals surface area contributed by atoms with E-state index >= 15 is 0 Å². The lowest BCUT2D eigenvalue weighted by Crippen LogP contribution is -2.69. The molecule has 0 aromatic heterocycles. The van der Waals surface area contributed by atoms with Crippen molar-refractivity contribution in [3.05, 3.63) is 0 Å². The highest BCUT2D eigenvalue weighted by atomic mass is 16.7. The van der Waals surface area contributed by atoms with E-state index in [1.165, 1.54) is 0 Å². The molecule has 0 atom stereocenters. The molecule has 88 valence electrons. The van der Waals surface area contributed by atoms with Crippen LogP contribution in [0.4, 0.5) is 0 Å². The molecule has 0 unspecified atom stereocenters. The first-order valence-electron chi connectivity index (χ1n) is 5.75. The van der Waals surface area contributed by atoms with Gasteiger partial charge in [0.05, 0.1) is 41.4 Å². The van der Waals surface area contributed by atoms with Gasteiger partial charge in [-0.25, -0.2) is 0 Å². The summed E-state index contributed by atoms with van der Waals surface area (Å²) in [7, 11) is 9.01. The largest absolute Gasteiger partial charge is 0.335 e. The molecule has 0 aromatic rings. The summed E-state index contributed by atoms with van der Waals surface area (Å²) in [6.45, 7) is 5.72. The predicted molar refractivity (Wildman–Crippen MR) is 58.3 cm³/mol. The standard InChI is InChI=1S/C11H24N2O2/c1-12(2)5-7-14-11(9-12)10-13(3,4)6-8-15-11/h5-10H2,1-4H3/q+2. The number of morpholine rings is 2. The predicted octanol–water partition coefficient (Wildman–Crippen LogP) is -0.104. The van der Waals surface area contributed by atoms with Crippen LogP contribution in [0, 0.1) is 0 Å². The number of likely N-dealkylation sites (N-methyl/N-ethyl adjacent to an activating group) is 2. The van der Waals surface area contributed by atoms with Crippen LogP contribution in [-0.4, -0.2) is 82.3 Å². The van der Waals surface area contributed by atoms with E-state index in [2.05, 4.69) is 28.2 Å². The van der Waals surface area contributed by atoms with Gasteiger partial charge in [-0.2, -0.15) is 0 Å². The third-order valence-electron chi connectivity index (χ3n) is 3.46. The molecule has 2 saturated heterocycles. The Morgan fingerprint density at radius 2 is 1.20 bits per heavy atom. The highest BCUT2D eigenvalue weighted by Crippen LogP contribution is 2.28. The Morgan fingerprint density at radius 1 is 0.800 bits per heavy atom. The minimum Gasteiger partial charge on any atom is -0.335 e. The minimum atomic E-state index is -0.330. The van der Waals surface area contributed by atoms with E-state index in [1.54, 1.807) is 0 Å². The molecule has 0 aliphatic carbocycles. The third-order valence-corrected chi connectivity index (χ3v) is 3.46. The summed E-state index contributed by atoms with van der Waals surface area (Å²) >= 11 is 0. The molecule has 0 amide bonds. The summed E-state index contributed by atoms with van der Waals surface area (Å²) in [5, 5.41) is 0. The lowest BCUT2D eigenvalue weighted by atomic mass is 10.1. The number of rotatable bonds is 0. The fourth-order valence-electron chi connectivity index (χ4n) is 2.69. The Morgan fingerprint density at radius 3 is 1.53 bits per heavy atom. The van der Waals surface area contributed by atoms with E-state index in [1.807, 2.05) is 0 Å². The molecule has 0 aromatic carbocycles. The zero-order chi connectivity index (χ0) is 11.2. The van der Waals surface area contributed by atoms with E-state index in [9.17, 15) is 0 Å². The molecule has 2 rings (SSSR count). The van der Waals surface area contributed by atoms with Gasteiger partial charge in [0, 0.05) is 0 Å². The molecule has 0 bridgehead atoms. The van der Waals surface area contributed by atoms with Crippen molar-refractivity contribution in [2.75, 3.05) is 67.6 Å². The van der Waals surface area contributed by atoms with Crippen LogP contribution in [0.2, 0.25) is 0 Å². The number of quaternary nitrogens is 2. The van der Waals surface area contributed by atoms with Crippen LogP contribution in [0.3, 0.4) is 0 Å². The smallest absolute Gasteiger partial charge is 0.270 e. The van der Waals surface area contributed by atoms with Crippen molar-refractivity contribution in [1.82, 2.24) is 0 Å². The SMILES string of the molecule is C[N+]1(C)CCOC2(C1)C[N+](C)(C)CCO2. The topological polar surface area (TPSA) is 18.5 Å². The van der Waals surface area contributed by atoms with Crippen molar-refractivity contribution in [2.45, 2.75) is 5.79 Å². The van der Waals surface area contributed by atoms with E-state index in [0.29, 0.717) is 0 Å². The van der Waals surface area contributed by atoms with Crippen LogP contribution in [0.15, 0.2) is 0 Å². The minimum absolute atomic E-state index is 0.330. The monoisotopic (exact) mass is 216 g/mol. The van der Waals surface area contributed by atoms with Crippen molar-refractivity contribution < 1.29 is 18.4 Å². The Balaban J connectivity index is 2.12. The molecule has 4 nitrogen and oxygen atoms in total. The van der Waals surface area contributed by atoms with E-state index in [-0.39, 0.29) is 5.79 Å². The summed E-state index contributed by atoms with van der Waals surface area (Å²) in [6.07, 6.45) is 0. The van der Waals surface area contributed by atoms with Gasteiger partial charge in [-0.05, 0) is 0 Å². The van der Waals surface area contributed by atoms with Crippen LogP contribution in [0.5, 0.6) is 0 Å². The van der Waals surface area contributed by atoms with Gasteiger partial charge in [-0.1, -0.05) is 0 Å². The zero-order valence-corrected chi connectivity index (χ0v) is 10.5. The molecule has 15 heavy (non-hydrogen) atoms. The number of hydrogen-bond acceptors (Lipinski definition) is 2. The summed E-state index contributed by atoms with van der Waals surface area (Å²) in [6, 6.07) is 0. The normalized spacial score (nSPS) is 32.8. The maximum Gasteiger partial charge on any atom is 0.270 e. The Labute approximate surface area is 92.5 Å². The highest BCUT2D eigenvalue weighted by Gasteiger charge is 2.50. The van der Waals surface area contributed by atoms with Gasteiger partial charge >= 0.3 is 0 Å². The Hall–Kier alpha value is -0.160. The van der Waals surface area contributed by atoms with Crippen molar-refractivity contribution in [1.29, 1.82) is 0 Å². The van der Waals surface area contributed by atoms with Crippen LogP contribution in [0.25, 0.3) is 0 Å². The highest BCUT2D eigenvalue weighted by molar-refractivity contribution is 4.75. The first-order valence-corrected chi connectivity index (χ1v) is 5.75. The lowest BCUT2D eigenvalue weighted by Gasteiger charge is -2.50. The van der Waals surface area contributed by atoms with E-state index in [0.717, 1.165) is 48.4 Å². The number of hydrogen-bond donors (Lipinski definition) is 0. The first kappa shape index (κ1) is 11.3. The number of ether oxygens (including phenoxy) is 2. The first-order chi connectivity index (χ1) is 6.83. The average molecular weight is 216 g/mol. The molecule has 4 heteroatoms. The second kappa shape index (κ2) is 3.42. The molecule has 2 aliphatic rings. The quantitative estimate of drug-likeness (QED) is 0.526. The molecular weight excluding hydrogens is 192 g/mol. The molecule has 2 aliphatic heterocycles. The summed E-state index contributed by atoms with van der Waals surface area (Å²) in [5.41, 5.74) is 0. The molecule has 2 heterocycles. The second-order valence-corrected chi connectivity index (χ2v) is 6.24. The zero-order valence-electron chi connectivity index (χ0n) is 10.5. The molecular formula is C11H24N2O2+2.